The maximum absolute atomic E-state index is 12.2. The molecule has 3 rings (SSSR count). The molecule has 1 aliphatic rings. The fraction of sp³-hybridized carbons (Fsp3) is 0.357. The molecule has 104 valence electrons. The number of nitrogens with zero attached hydrogens (tertiary/aromatic N) is 2. The average Bonchev–Trinajstić information content (AvgIpc) is 2.49. The van der Waals surface area contributed by atoms with Gasteiger partial charge in [0.05, 0.1) is 17.1 Å². The van der Waals surface area contributed by atoms with Crippen molar-refractivity contribution in [3.05, 3.63) is 29.4 Å². The molecule has 2 heterocycles. The normalized spacial score (nSPS) is 18.9. The van der Waals surface area contributed by atoms with E-state index in [1.165, 1.54) is 0 Å². The monoisotopic (exact) mass is 290 g/mol. The summed E-state index contributed by atoms with van der Waals surface area (Å²) < 4.78 is 0. The summed E-state index contributed by atoms with van der Waals surface area (Å²) in [6.45, 7) is 0.870. The zero-order valence-corrected chi connectivity index (χ0v) is 11.7. The molecule has 0 spiro atoms. The van der Waals surface area contributed by atoms with Crippen LogP contribution in [0.5, 0.6) is 0 Å². The van der Waals surface area contributed by atoms with E-state index >= 15 is 0 Å². The predicted octanol–water partition coefficient (Wildman–Crippen LogP) is 2.36. The molecule has 1 aromatic heterocycles. The zero-order chi connectivity index (χ0) is 13.9. The van der Waals surface area contributed by atoms with Gasteiger partial charge in [0.1, 0.15) is 0 Å². The maximum Gasteiger partial charge on any atom is 0.242 e. The Kier molecular flexibility index (Phi) is 3.80. The lowest BCUT2D eigenvalue weighted by molar-refractivity contribution is -0.118. The van der Waals surface area contributed by atoms with Gasteiger partial charge in [-0.2, -0.15) is 0 Å². The highest BCUT2D eigenvalue weighted by atomic mass is 35.5. The molecule has 1 atom stereocenters. The molecule has 0 aliphatic carbocycles. The molecule has 2 aromatic rings. The molecule has 1 fully saturated rings. The highest BCUT2D eigenvalue weighted by Gasteiger charge is 2.21. The van der Waals surface area contributed by atoms with Gasteiger partial charge in [0.2, 0.25) is 5.91 Å². The first-order valence-electron chi connectivity index (χ1n) is 6.70. The quantitative estimate of drug-likeness (QED) is 0.891. The van der Waals surface area contributed by atoms with Gasteiger partial charge < -0.3 is 10.6 Å². The third-order valence-corrected chi connectivity index (χ3v) is 3.66. The Labute approximate surface area is 121 Å². The van der Waals surface area contributed by atoms with Gasteiger partial charge >= 0.3 is 0 Å². The van der Waals surface area contributed by atoms with Crippen molar-refractivity contribution in [2.24, 2.45) is 0 Å². The van der Waals surface area contributed by atoms with Crippen molar-refractivity contribution in [3.8, 4) is 0 Å². The van der Waals surface area contributed by atoms with Gasteiger partial charge in [0.25, 0.3) is 0 Å². The van der Waals surface area contributed by atoms with Crippen LogP contribution >= 0.6 is 11.6 Å². The fourth-order valence-corrected chi connectivity index (χ4v) is 2.52. The van der Waals surface area contributed by atoms with Crippen LogP contribution in [0, 0.1) is 0 Å². The minimum atomic E-state index is -0.173. The molecular formula is C14H15ClN4O. The van der Waals surface area contributed by atoms with Crippen molar-refractivity contribution < 1.29 is 4.79 Å². The van der Waals surface area contributed by atoms with Gasteiger partial charge in [0, 0.05) is 0 Å². The van der Waals surface area contributed by atoms with Crippen LogP contribution in [0.2, 0.25) is 5.15 Å². The first-order chi connectivity index (χ1) is 9.74. The molecule has 1 saturated heterocycles. The van der Waals surface area contributed by atoms with E-state index in [0.717, 1.165) is 25.8 Å². The first-order valence-corrected chi connectivity index (χ1v) is 7.08. The lowest BCUT2D eigenvalue weighted by Crippen LogP contribution is -2.43. The lowest BCUT2D eigenvalue weighted by atomic mass is 10.0. The van der Waals surface area contributed by atoms with Gasteiger partial charge in [-0.25, -0.2) is 9.97 Å². The van der Waals surface area contributed by atoms with E-state index in [9.17, 15) is 4.79 Å². The highest BCUT2D eigenvalue weighted by Crippen LogP contribution is 2.21. The Hall–Kier alpha value is -1.72. The molecular weight excluding hydrogens is 276 g/mol. The van der Waals surface area contributed by atoms with Gasteiger partial charge in [-0.1, -0.05) is 30.2 Å². The summed E-state index contributed by atoms with van der Waals surface area (Å²) in [4.78, 5) is 20.8. The summed E-state index contributed by atoms with van der Waals surface area (Å²) in [5.41, 5.74) is 1.43. The molecule has 2 N–H and O–H groups in total. The number of carbonyl (C=O) groups is 1. The molecule has 0 radical (unpaired) electrons. The number of anilines is 1. The summed E-state index contributed by atoms with van der Waals surface area (Å²) in [6, 6.07) is 7.25. The second-order valence-electron chi connectivity index (χ2n) is 4.84. The van der Waals surface area contributed by atoms with Crippen LogP contribution in [0.3, 0.4) is 0 Å². The van der Waals surface area contributed by atoms with Gasteiger partial charge in [0.15, 0.2) is 11.0 Å². The van der Waals surface area contributed by atoms with E-state index in [2.05, 4.69) is 20.6 Å². The fourth-order valence-electron chi connectivity index (χ4n) is 2.34. The standard InChI is InChI=1S/C14H15ClN4O/c15-12-13(18-10-6-2-1-5-9(10)17-12)19-14(20)11-7-3-4-8-16-11/h1-2,5-6,11,16H,3-4,7-8H2,(H,18,19,20)/t11-/m1/s1. The summed E-state index contributed by atoms with van der Waals surface area (Å²) in [7, 11) is 0. The SMILES string of the molecule is O=C(Nc1nc2ccccc2nc1Cl)[C@H]1CCCCN1. The number of halogens is 1. The highest BCUT2D eigenvalue weighted by molar-refractivity contribution is 6.32. The summed E-state index contributed by atoms with van der Waals surface area (Å²) in [5, 5.41) is 6.17. The van der Waals surface area contributed by atoms with Crippen LogP contribution in [0.1, 0.15) is 19.3 Å². The van der Waals surface area contributed by atoms with Crippen molar-refractivity contribution >= 4 is 34.4 Å². The molecule has 5 nitrogen and oxygen atoms in total. The van der Waals surface area contributed by atoms with Crippen molar-refractivity contribution in [2.45, 2.75) is 25.3 Å². The number of piperidine rings is 1. The van der Waals surface area contributed by atoms with E-state index in [-0.39, 0.29) is 17.1 Å². The molecule has 0 unspecified atom stereocenters. The molecule has 0 bridgehead atoms. The zero-order valence-electron chi connectivity index (χ0n) is 10.9. The number of rotatable bonds is 2. The first kappa shape index (κ1) is 13.3. The molecule has 1 aliphatic heterocycles. The minimum Gasteiger partial charge on any atom is -0.307 e. The number of amides is 1. The van der Waals surface area contributed by atoms with Crippen molar-refractivity contribution in [1.82, 2.24) is 15.3 Å². The Morgan fingerprint density at radius 1 is 1.25 bits per heavy atom. The summed E-state index contributed by atoms with van der Waals surface area (Å²) in [5.74, 6) is 0.221. The Bertz CT molecular complexity index is 640. The van der Waals surface area contributed by atoms with Gasteiger partial charge in [-0.05, 0) is 31.5 Å². The number of carbonyl (C=O) groups excluding carboxylic acids is 1. The number of aromatic nitrogens is 2. The van der Waals surface area contributed by atoms with E-state index < -0.39 is 0 Å². The lowest BCUT2D eigenvalue weighted by Gasteiger charge is -2.22. The largest absolute Gasteiger partial charge is 0.307 e. The van der Waals surface area contributed by atoms with Crippen LogP contribution < -0.4 is 10.6 Å². The third kappa shape index (κ3) is 2.73. The molecule has 20 heavy (non-hydrogen) atoms. The molecule has 6 heteroatoms. The Morgan fingerprint density at radius 3 is 2.70 bits per heavy atom. The van der Waals surface area contributed by atoms with Gasteiger partial charge in [-0.3, -0.25) is 4.79 Å². The van der Waals surface area contributed by atoms with Crippen LogP contribution in [-0.4, -0.2) is 28.5 Å². The van der Waals surface area contributed by atoms with Crippen LogP contribution in [0.15, 0.2) is 24.3 Å². The number of hydrogen-bond acceptors (Lipinski definition) is 4. The van der Waals surface area contributed by atoms with Crippen molar-refractivity contribution in [2.75, 3.05) is 11.9 Å². The van der Waals surface area contributed by atoms with Crippen molar-refractivity contribution in [3.63, 3.8) is 0 Å². The van der Waals surface area contributed by atoms with E-state index in [0.29, 0.717) is 16.9 Å². The average molecular weight is 291 g/mol. The molecule has 1 amide bonds. The second-order valence-corrected chi connectivity index (χ2v) is 5.20. The van der Waals surface area contributed by atoms with Crippen LogP contribution in [0.4, 0.5) is 5.82 Å². The summed E-state index contributed by atoms with van der Waals surface area (Å²) in [6.07, 6.45) is 3.01. The van der Waals surface area contributed by atoms with E-state index in [1.54, 1.807) is 0 Å². The number of fused-ring (bicyclic) bond motifs is 1. The van der Waals surface area contributed by atoms with Crippen LogP contribution in [0.25, 0.3) is 11.0 Å². The number of benzene rings is 1. The summed E-state index contributed by atoms with van der Waals surface area (Å²) >= 11 is 6.08. The maximum atomic E-state index is 12.2. The van der Waals surface area contributed by atoms with Crippen molar-refractivity contribution in [1.29, 1.82) is 0 Å². The number of nitrogens with one attached hydrogen (secondary N) is 2. The topological polar surface area (TPSA) is 66.9 Å². The second kappa shape index (κ2) is 5.73. The third-order valence-electron chi connectivity index (χ3n) is 3.40. The minimum absolute atomic E-state index is 0.101. The van der Waals surface area contributed by atoms with Gasteiger partial charge in [-0.15, -0.1) is 0 Å². The Morgan fingerprint density at radius 2 is 2.00 bits per heavy atom. The Balaban J connectivity index is 1.82. The number of para-hydroxylation sites is 2. The smallest absolute Gasteiger partial charge is 0.242 e. The van der Waals surface area contributed by atoms with E-state index in [1.807, 2.05) is 24.3 Å². The molecule has 1 aromatic carbocycles. The predicted molar refractivity (Wildman–Crippen MR) is 78.8 cm³/mol. The van der Waals surface area contributed by atoms with E-state index in [4.69, 9.17) is 11.6 Å². The number of hydrogen-bond donors (Lipinski definition) is 2. The molecule has 0 saturated carbocycles. The van der Waals surface area contributed by atoms with Crippen LogP contribution in [-0.2, 0) is 4.79 Å².